The fraction of sp³-hybridized carbons (Fsp3) is 0.387. The summed E-state index contributed by atoms with van der Waals surface area (Å²) >= 11 is 0. The number of piperidine rings is 1. The van der Waals surface area contributed by atoms with Crippen LogP contribution in [-0.4, -0.2) is 44.9 Å². The van der Waals surface area contributed by atoms with Gasteiger partial charge in [-0.3, -0.25) is 4.79 Å². The first kappa shape index (κ1) is 30.3. The Hall–Kier alpha value is -4.19. The van der Waals surface area contributed by atoms with Gasteiger partial charge in [-0.15, -0.1) is 0 Å². The maximum absolute atomic E-state index is 14.1. The monoisotopic (exact) mass is 598 g/mol. The van der Waals surface area contributed by atoms with Gasteiger partial charge in [0.2, 0.25) is 5.91 Å². The van der Waals surface area contributed by atoms with E-state index in [9.17, 15) is 22.4 Å². The van der Waals surface area contributed by atoms with E-state index in [2.05, 4.69) is 44.3 Å². The summed E-state index contributed by atoms with van der Waals surface area (Å²) in [4.78, 5) is 26.8. The molecule has 0 radical (unpaired) electrons. The minimum atomic E-state index is -4.58. The molecule has 1 amide bonds. The number of nitrogens with one attached hydrogen (secondary N) is 3. The van der Waals surface area contributed by atoms with E-state index in [-0.39, 0.29) is 18.1 Å². The molecule has 0 spiro atoms. The summed E-state index contributed by atoms with van der Waals surface area (Å²) in [6, 6.07) is 11.2. The molecule has 4 aromatic rings. The smallest absolute Gasteiger partial charge is 0.416 e. The number of rotatable bonds is 10. The number of hydrogen-bond donors (Lipinski definition) is 3. The Balaban J connectivity index is 1.15. The third kappa shape index (κ3) is 8.01. The van der Waals surface area contributed by atoms with Crippen LogP contribution < -0.4 is 15.4 Å². The number of likely N-dealkylation sites (tertiary alicyclic amines) is 1. The Bertz CT molecular complexity index is 1560. The lowest BCUT2D eigenvalue weighted by Gasteiger charge is -2.34. The number of ether oxygens (including phenoxy) is 1. The van der Waals surface area contributed by atoms with E-state index < -0.39 is 17.6 Å². The number of hydrogen-bond acceptors (Lipinski definition) is 6. The number of fused-ring (bicyclic) bond motifs is 1. The lowest BCUT2D eigenvalue weighted by atomic mass is 9.91. The molecule has 2 aromatic heterocycles. The molecule has 0 aliphatic carbocycles. The fourth-order valence-corrected chi connectivity index (χ4v) is 5.18. The second-order valence-corrected chi connectivity index (χ2v) is 11.0. The number of aromatic nitrogens is 3. The predicted octanol–water partition coefficient (Wildman–Crippen LogP) is 7.36. The number of carbonyl (C=O) groups is 1. The molecule has 43 heavy (non-hydrogen) atoms. The van der Waals surface area contributed by atoms with E-state index >= 15 is 0 Å². The third-order valence-corrected chi connectivity index (χ3v) is 7.64. The molecule has 0 atom stereocenters. The summed E-state index contributed by atoms with van der Waals surface area (Å²) in [6.45, 7) is 6.56. The van der Waals surface area contributed by atoms with Gasteiger partial charge in [0.25, 0.3) is 0 Å². The number of amides is 1. The first-order chi connectivity index (χ1) is 20.5. The van der Waals surface area contributed by atoms with E-state index in [0.29, 0.717) is 58.6 Å². The van der Waals surface area contributed by atoms with Crippen LogP contribution in [0.25, 0.3) is 11.0 Å². The van der Waals surface area contributed by atoms with Crippen LogP contribution in [-0.2, 0) is 17.5 Å². The van der Waals surface area contributed by atoms with Crippen molar-refractivity contribution >= 4 is 28.4 Å². The molecule has 5 rings (SSSR count). The van der Waals surface area contributed by atoms with Crippen LogP contribution in [0.5, 0.6) is 11.5 Å². The molecule has 228 valence electrons. The maximum Gasteiger partial charge on any atom is 0.416 e. The third-order valence-electron chi connectivity index (χ3n) is 7.64. The SMILES string of the molecule is CC(C)N1CCC(CCC(=O)Nc2cc(Oc3ccc4nc(CNc5cc(C(F)(F)F)ccc5F)[nH]c4c3)ccn2)CC1. The van der Waals surface area contributed by atoms with E-state index in [1.165, 1.54) is 0 Å². The van der Waals surface area contributed by atoms with Crippen molar-refractivity contribution in [2.45, 2.75) is 58.3 Å². The van der Waals surface area contributed by atoms with E-state index in [0.717, 1.165) is 44.5 Å². The number of alkyl halides is 3. The number of benzene rings is 2. The molecule has 1 aliphatic heterocycles. The zero-order valence-corrected chi connectivity index (χ0v) is 24.0. The Labute approximate surface area is 246 Å². The molecule has 0 unspecified atom stereocenters. The van der Waals surface area contributed by atoms with Crippen molar-refractivity contribution in [1.29, 1.82) is 0 Å². The van der Waals surface area contributed by atoms with E-state index in [4.69, 9.17) is 4.74 Å². The first-order valence-corrected chi connectivity index (χ1v) is 14.3. The molecule has 3 N–H and O–H groups in total. The quantitative estimate of drug-likeness (QED) is 0.165. The summed E-state index contributed by atoms with van der Waals surface area (Å²) < 4.78 is 59.0. The number of imidazole rings is 1. The Morgan fingerprint density at radius 2 is 1.86 bits per heavy atom. The van der Waals surface area contributed by atoms with Crippen LogP contribution >= 0.6 is 0 Å². The summed E-state index contributed by atoms with van der Waals surface area (Å²) in [7, 11) is 0. The molecule has 1 fully saturated rings. The molecular weight excluding hydrogens is 564 g/mol. The summed E-state index contributed by atoms with van der Waals surface area (Å²) in [5, 5.41) is 5.53. The van der Waals surface area contributed by atoms with Crippen LogP contribution in [0.15, 0.2) is 54.7 Å². The van der Waals surface area contributed by atoms with Gasteiger partial charge >= 0.3 is 6.18 Å². The number of carbonyl (C=O) groups excluding carboxylic acids is 1. The van der Waals surface area contributed by atoms with E-state index in [1.54, 1.807) is 36.5 Å². The van der Waals surface area contributed by atoms with Crippen LogP contribution in [0, 0.1) is 11.7 Å². The van der Waals surface area contributed by atoms with Crippen molar-refractivity contribution < 1.29 is 27.1 Å². The highest BCUT2D eigenvalue weighted by atomic mass is 19.4. The van der Waals surface area contributed by atoms with Gasteiger partial charge in [-0.05, 0) is 88.5 Å². The van der Waals surface area contributed by atoms with Gasteiger partial charge in [0.1, 0.15) is 29.0 Å². The van der Waals surface area contributed by atoms with Crippen molar-refractivity contribution in [2.24, 2.45) is 5.92 Å². The minimum Gasteiger partial charge on any atom is -0.457 e. The van der Waals surface area contributed by atoms with Gasteiger partial charge < -0.3 is 25.3 Å². The molecule has 1 saturated heterocycles. The number of anilines is 2. The molecule has 2 aromatic carbocycles. The lowest BCUT2D eigenvalue weighted by molar-refractivity contribution is -0.137. The number of halogens is 4. The molecule has 3 heterocycles. The second-order valence-electron chi connectivity index (χ2n) is 11.0. The maximum atomic E-state index is 14.1. The Morgan fingerprint density at radius 3 is 2.60 bits per heavy atom. The molecule has 12 heteroatoms. The largest absolute Gasteiger partial charge is 0.457 e. The zero-order valence-electron chi connectivity index (χ0n) is 24.0. The van der Waals surface area contributed by atoms with Crippen LogP contribution in [0.4, 0.5) is 29.1 Å². The summed E-state index contributed by atoms with van der Waals surface area (Å²) in [5.74, 6) is 1.45. The average Bonchev–Trinajstić information content (AvgIpc) is 3.37. The van der Waals surface area contributed by atoms with Crippen molar-refractivity contribution in [3.63, 3.8) is 0 Å². The highest BCUT2D eigenvalue weighted by Gasteiger charge is 2.31. The molecule has 8 nitrogen and oxygen atoms in total. The van der Waals surface area contributed by atoms with Gasteiger partial charge in [-0.25, -0.2) is 14.4 Å². The number of H-pyrrole nitrogens is 1. The number of pyridine rings is 1. The predicted molar refractivity (Wildman–Crippen MR) is 156 cm³/mol. The molecule has 0 saturated carbocycles. The van der Waals surface area contributed by atoms with E-state index in [1.807, 2.05) is 0 Å². The highest BCUT2D eigenvalue weighted by molar-refractivity contribution is 5.89. The molecule has 0 bridgehead atoms. The molecular formula is C31H34F4N6O2. The van der Waals surface area contributed by atoms with Gasteiger partial charge in [-0.2, -0.15) is 13.2 Å². The molecule has 1 aliphatic rings. The zero-order chi connectivity index (χ0) is 30.6. The highest BCUT2D eigenvalue weighted by Crippen LogP contribution is 2.32. The van der Waals surface area contributed by atoms with Gasteiger partial charge in [0.05, 0.1) is 28.8 Å². The second kappa shape index (κ2) is 13.0. The van der Waals surface area contributed by atoms with Crippen molar-refractivity contribution in [3.05, 3.63) is 71.9 Å². The number of nitrogens with zero attached hydrogens (tertiary/aromatic N) is 3. The van der Waals surface area contributed by atoms with Crippen molar-refractivity contribution in [2.75, 3.05) is 23.7 Å². The fourth-order valence-electron chi connectivity index (χ4n) is 5.18. The minimum absolute atomic E-state index is 0.0202. The summed E-state index contributed by atoms with van der Waals surface area (Å²) in [5.41, 5.74) is 0.0121. The lowest BCUT2D eigenvalue weighted by Crippen LogP contribution is -2.38. The van der Waals surface area contributed by atoms with Crippen LogP contribution in [0.3, 0.4) is 0 Å². The van der Waals surface area contributed by atoms with Crippen molar-refractivity contribution in [1.82, 2.24) is 19.9 Å². The van der Waals surface area contributed by atoms with Gasteiger partial charge in [-0.1, -0.05) is 0 Å². The van der Waals surface area contributed by atoms with Gasteiger partial charge in [0.15, 0.2) is 0 Å². The Morgan fingerprint density at radius 1 is 1.09 bits per heavy atom. The average molecular weight is 599 g/mol. The summed E-state index contributed by atoms with van der Waals surface area (Å²) in [6.07, 6.45) is 0.488. The van der Waals surface area contributed by atoms with Crippen LogP contribution in [0.1, 0.15) is 50.9 Å². The Kier molecular flexibility index (Phi) is 9.14. The first-order valence-electron chi connectivity index (χ1n) is 14.3. The van der Waals surface area contributed by atoms with Crippen molar-refractivity contribution in [3.8, 4) is 11.5 Å². The number of aromatic amines is 1. The van der Waals surface area contributed by atoms with Gasteiger partial charge in [0, 0.05) is 30.8 Å². The topological polar surface area (TPSA) is 95.2 Å². The normalized spacial score (nSPS) is 14.8. The van der Waals surface area contributed by atoms with Crippen LogP contribution in [0.2, 0.25) is 0 Å². The standard InChI is InChI=1S/C31H34F4N6O2/c1-19(2)41-13-10-20(11-14-41)3-8-30(42)40-28-17-23(9-12-36-28)43-22-5-7-25-27(16-22)39-29(38-25)18-37-26-15-21(31(33,34)35)4-6-24(26)32/h4-7,9,12,15-17,19-20,37H,3,8,10-11,13-14,18H2,1-2H3,(H,38,39)(H,36,40,42).